The Labute approximate surface area is 151 Å². The predicted molar refractivity (Wildman–Crippen MR) is 95.1 cm³/mol. The van der Waals surface area contributed by atoms with E-state index >= 15 is 0 Å². The van der Waals surface area contributed by atoms with Crippen LogP contribution in [0.5, 0.6) is 0 Å². The van der Waals surface area contributed by atoms with Gasteiger partial charge in [0.2, 0.25) is 10.0 Å². The molecule has 3 rings (SSSR count). The molecular weight excluding hydrogens is 394 g/mol. The zero-order chi connectivity index (χ0) is 17.3. The minimum Gasteiger partial charge on any atom is -0.462 e. The van der Waals surface area contributed by atoms with Crippen molar-refractivity contribution < 1.29 is 17.9 Å². The van der Waals surface area contributed by atoms with Crippen molar-refractivity contribution in [2.24, 2.45) is 5.92 Å². The number of ether oxygens (including phenoxy) is 1. The van der Waals surface area contributed by atoms with Crippen LogP contribution < -0.4 is 4.72 Å². The second-order valence-corrected chi connectivity index (χ2v) is 9.50. The van der Waals surface area contributed by atoms with E-state index in [0.29, 0.717) is 25.7 Å². The normalized spacial score (nSPS) is 29.9. The van der Waals surface area contributed by atoms with Gasteiger partial charge in [0.05, 0.1) is 12.2 Å². The maximum absolute atomic E-state index is 12.3. The standard InChI is InChI=1S/C17H22BrNO4S/c1-24(21,22)19-13-5-7-14(8-6-13)23-17(20)16-10-15(16)11-3-2-4-12(18)9-11/h2-4,9,13-16,19H,5-8,10H2,1H3/t13?,14?,15-,16+/m0/s1. The fourth-order valence-corrected chi connectivity index (χ4v) is 4.67. The summed E-state index contributed by atoms with van der Waals surface area (Å²) in [5, 5.41) is 0. The molecule has 0 saturated heterocycles. The number of nitrogens with one attached hydrogen (secondary N) is 1. The van der Waals surface area contributed by atoms with Crippen molar-refractivity contribution >= 4 is 31.9 Å². The zero-order valence-corrected chi connectivity index (χ0v) is 16.0. The molecule has 0 amide bonds. The van der Waals surface area contributed by atoms with Crippen LogP contribution in [0, 0.1) is 5.92 Å². The van der Waals surface area contributed by atoms with Crippen LogP contribution in [0.3, 0.4) is 0 Å². The lowest BCUT2D eigenvalue weighted by Gasteiger charge is -2.28. The van der Waals surface area contributed by atoms with Gasteiger partial charge in [-0.3, -0.25) is 4.79 Å². The number of sulfonamides is 1. The number of hydrogen-bond donors (Lipinski definition) is 1. The van der Waals surface area contributed by atoms with E-state index in [0.717, 1.165) is 10.9 Å². The maximum atomic E-state index is 12.3. The number of carbonyl (C=O) groups is 1. The topological polar surface area (TPSA) is 72.5 Å². The highest BCUT2D eigenvalue weighted by molar-refractivity contribution is 9.10. The molecule has 5 nitrogen and oxygen atoms in total. The predicted octanol–water partition coefficient (Wildman–Crippen LogP) is 2.96. The van der Waals surface area contributed by atoms with Gasteiger partial charge in [-0.25, -0.2) is 13.1 Å². The van der Waals surface area contributed by atoms with Gasteiger partial charge in [-0.2, -0.15) is 0 Å². The summed E-state index contributed by atoms with van der Waals surface area (Å²) in [6, 6.07) is 8.02. The Kier molecular flexibility index (Phi) is 5.32. The minimum absolute atomic E-state index is 0.0360. The molecule has 0 unspecified atom stereocenters. The first-order valence-electron chi connectivity index (χ1n) is 8.25. The van der Waals surface area contributed by atoms with Gasteiger partial charge < -0.3 is 4.74 Å². The van der Waals surface area contributed by atoms with Crippen molar-refractivity contribution in [3.63, 3.8) is 0 Å². The molecule has 0 radical (unpaired) electrons. The third kappa shape index (κ3) is 4.80. The molecule has 2 aliphatic rings. The first kappa shape index (κ1) is 17.9. The number of esters is 1. The lowest BCUT2D eigenvalue weighted by atomic mass is 9.93. The highest BCUT2D eigenvalue weighted by Crippen LogP contribution is 2.48. The lowest BCUT2D eigenvalue weighted by Crippen LogP contribution is -2.39. The molecule has 132 valence electrons. The molecular formula is C17H22BrNO4S. The zero-order valence-electron chi connectivity index (χ0n) is 13.6. The van der Waals surface area contributed by atoms with Gasteiger partial charge in [0.25, 0.3) is 0 Å². The summed E-state index contributed by atoms with van der Waals surface area (Å²) in [5.41, 5.74) is 1.17. The van der Waals surface area contributed by atoms with Crippen molar-refractivity contribution in [3.05, 3.63) is 34.3 Å². The second kappa shape index (κ2) is 7.14. The van der Waals surface area contributed by atoms with Crippen LogP contribution in [-0.2, 0) is 19.6 Å². The largest absolute Gasteiger partial charge is 0.462 e. The number of halogens is 1. The van der Waals surface area contributed by atoms with E-state index in [1.807, 2.05) is 18.2 Å². The van der Waals surface area contributed by atoms with E-state index in [-0.39, 0.29) is 30.0 Å². The minimum atomic E-state index is -3.17. The molecule has 2 fully saturated rings. The van der Waals surface area contributed by atoms with Gasteiger partial charge in [0.15, 0.2) is 0 Å². The van der Waals surface area contributed by atoms with Gasteiger partial charge in [0.1, 0.15) is 6.10 Å². The highest BCUT2D eigenvalue weighted by atomic mass is 79.9. The third-order valence-corrected chi connectivity index (χ3v) is 5.96. The third-order valence-electron chi connectivity index (χ3n) is 4.71. The van der Waals surface area contributed by atoms with Crippen LogP contribution in [0.25, 0.3) is 0 Å². The van der Waals surface area contributed by atoms with Crippen LogP contribution in [-0.4, -0.2) is 32.8 Å². The Hall–Kier alpha value is -0.920. The molecule has 2 saturated carbocycles. The van der Waals surface area contributed by atoms with Crippen LogP contribution >= 0.6 is 15.9 Å². The van der Waals surface area contributed by atoms with E-state index < -0.39 is 10.0 Å². The monoisotopic (exact) mass is 415 g/mol. The molecule has 2 atom stereocenters. The van der Waals surface area contributed by atoms with Crippen molar-refractivity contribution in [1.29, 1.82) is 0 Å². The summed E-state index contributed by atoms with van der Waals surface area (Å²) in [6.45, 7) is 0. The molecule has 7 heteroatoms. The molecule has 0 spiro atoms. The molecule has 1 aromatic rings. The number of carbonyl (C=O) groups excluding carboxylic acids is 1. The Bertz CT molecular complexity index is 713. The van der Waals surface area contributed by atoms with Gasteiger partial charge in [0, 0.05) is 10.5 Å². The lowest BCUT2D eigenvalue weighted by molar-refractivity contribution is -0.152. The summed E-state index contributed by atoms with van der Waals surface area (Å²) in [5.74, 6) is 0.115. The van der Waals surface area contributed by atoms with E-state index in [1.165, 1.54) is 11.8 Å². The molecule has 24 heavy (non-hydrogen) atoms. The maximum Gasteiger partial charge on any atom is 0.309 e. The summed E-state index contributed by atoms with van der Waals surface area (Å²) in [6.07, 6.45) is 4.80. The summed E-state index contributed by atoms with van der Waals surface area (Å²) < 4.78 is 31.8. The van der Waals surface area contributed by atoms with Gasteiger partial charge in [-0.05, 0) is 55.7 Å². The quantitative estimate of drug-likeness (QED) is 0.750. The fourth-order valence-electron chi connectivity index (χ4n) is 3.41. The highest BCUT2D eigenvalue weighted by Gasteiger charge is 2.46. The van der Waals surface area contributed by atoms with Crippen molar-refractivity contribution in [3.8, 4) is 0 Å². The Balaban J connectivity index is 1.46. The van der Waals surface area contributed by atoms with Crippen molar-refractivity contribution in [1.82, 2.24) is 4.72 Å². The van der Waals surface area contributed by atoms with Gasteiger partial charge in [-0.1, -0.05) is 28.1 Å². The number of benzene rings is 1. The average molecular weight is 416 g/mol. The number of rotatable bonds is 5. The molecule has 0 aromatic heterocycles. The fraction of sp³-hybridized carbons (Fsp3) is 0.588. The number of hydrogen-bond acceptors (Lipinski definition) is 4. The van der Waals surface area contributed by atoms with E-state index in [1.54, 1.807) is 0 Å². The smallest absolute Gasteiger partial charge is 0.309 e. The molecule has 0 aliphatic heterocycles. The van der Waals surface area contributed by atoms with E-state index in [2.05, 4.69) is 26.7 Å². The Morgan fingerprint density at radius 3 is 2.58 bits per heavy atom. The first-order valence-corrected chi connectivity index (χ1v) is 10.9. The van der Waals surface area contributed by atoms with Crippen LogP contribution in [0.4, 0.5) is 0 Å². The van der Waals surface area contributed by atoms with Gasteiger partial charge in [-0.15, -0.1) is 0 Å². The molecule has 1 aromatic carbocycles. The second-order valence-electron chi connectivity index (χ2n) is 6.80. The van der Waals surface area contributed by atoms with Crippen LogP contribution in [0.15, 0.2) is 28.7 Å². The summed E-state index contributed by atoms with van der Waals surface area (Å²) in [7, 11) is -3.17. The Morgan fingerprint density at radius 1 is 1.25 bits per heavy atom. The van der Waals surface area contributed by atoms with Crippen molar-refractivity contribution in [2.45, 2.75) is 50.2 Å². The van der Waals surface area contributed by atoms with Crippen molar-refractivity contribution in [2.75, 3.05) is 6.26 Å². The molecule has 0 heterocycles. The first-order chi connectivity index (χ1) is 11.3. The molecule has 2 aliphatic carbocycles. The summed E-state index contributed by atoms with van der Waals surface area (Å²) >= 11 is 3.46. The summed E-state index contributed by atoms with van der Waals surface area (Å²) in [4.78, 5) is 12.3. The molecule has 0 bridgehead atoms. The SMILES string of the molecule is CS(=O)(=O)NC1CCC(OC(=O)[C@@H]2C[C@H]2c2cccc(Br)c2)CC1. The van der Waals surface area contributed by atoms with E-state index in [4.69, 9.17) is 4.74 Å². The van der Waals surface area contributed by atoms with Crippen LogP contribution in [0.2, 0.25) is 0 Å². The Morgan fingerprint density at radius 2 is 1.96 bits per heavy atom. The van der Waals surface area contributed by atoms with Crippen LogP contribution in [0.1, 0.15) is 43.6 Å². The van der Waals surface area contributed by atoms with E-state index in [9.17, 15) is 13.2 Å². The average Bonchev–Trinajstić information content (AvgIpc) is 3.28. The molecule has 1 N–H and O–H groups in total. The van der Waals surface area contributed by atoms with Gasteiger partial charge >= 0.3 is 5.97 Å².